The van der Waals surface area contributed by atoms with Crippen LogP contribution in [-0.2, 0) is 11.2 Å². The number of carbonyl (C=O) groups is 1. The molecule has 0 bridgehead atoms. The van der Waals surface area contributed by atoms with Crippen LogP contribution in [0.5, 0.6) is 5.75 Å². The molecule has 0 aliphatic heterocycles. The second-order valence-electron chi connectivity index (χ2n) is 6.34. The lowest BCUT2D eigenvalue weighted by Gasteiger charge is -2.10. The van der Waals surface area contributed by atoms with Crippen molar-refractivity contribution in [1.29, 1.82) is 0 Å². The fraction of sp³-hybridized carbons (Fsp3) is 0.286. The van der Waals surface area contributed by atoms with E-state index in [2.05, 4.69) is 15.5 Å². The number of carbonyl (C=O) groups excluding carboxylic acids is 1. The predicted molar refractivity (Wildman–Crippen MR) is 109 cm³/mol. The van der Waals surface area contributed by atoms with Gasteiger partial charge in [0.1, 0.15) is 5.75 Å². The number of aryl methyl sites for hydroxylation is 1. The third-order valence-electron chi connectivity index (χ3n) is 4.30. The van der Waals surface area contributed by atoms with E-state index in [1.165, 1.54) is 11.8 Å². The van der Waals surface area contributed by atoms with Gasteiger partial charge in [-0.3, -0.25) is 4.79 Å². The van der Waals surface area contributed by atoms with Gasteiger partial charge in [-0.2, -0.15) is 0 Å². The van der Waals surface area contributed by atoms with Crippen LogP contribution >= 0.6 is 11.8 Å². The molecule has 0 aliphatic carbocycles. The SMILES string of the molecule is COc1ccc(CCNC(=O)[C@H](C)Sc2nnc(-c3ccccc3C)o2)cc1. The molecule has 6 nitrogen and oxygen atoms in total. The summed E-state index contributed by atoms with van der Waals surface area (Å²) in [6.07, 6.45) is 0.755. The van der Waals surface area contributed by atoms with Gasteiger partial charge in [0.25, 0.3) is 5.22 Å². The lowest BCUT2D eigenvalue weighted by molar-refractivity contribution is -0.120. The van der Waals surface area contributed by atoms with Gasteiger partial charge in [0.2, 0.25) is 11.8 Å². The number of benzene rings is 2. The summed E-state index contributed by atoms with van der Waals surface area (Å²) in [5.74, 6) is 1.23. The Morgan fingerprint density at radius 3 is 2.64 bits per heavy atom. The molecule has 0 unspecified atom stereocenters. The van der Waals surface area contributed by atoms with Gasteiger partial charge in [-0.25, -0.2) is 0 Å². The molecule has 146 valence electrons. The Morgan fingerprint density at radius 2 is 1.93 bits per heavy atom. The zero-order chi connectivity index (χ0) is 19.9. The van der Waals surface area contributed by atoms with E-state index in [4.69, 9.17) is 9.15 Å². The van der Waals surface area contributed by atoms with E-state index in [9.17, 15) is 4.79 Å². The second-order valence-corrected chi connectivity index (χ2v) is 7.63. The number of ether oxygens (including phenoxy) is 1. The topological polar surface area (TPSA) is 77.2 Å². The third-order valence-corrected chi connectivity index (χ3v) is 5.23. The fourth-order valence-electron chi connectivity index (χ4n) is 2.65. The van der Waals surface area contributed by atoms with Gasteiger partial charge < -0.3 is 14.5 Å². The molecule has 28 heavy (non-hydrogen) atoms. The smallest absolute Gasteiger partial charge is 0.277 e. The molecule has 3 aromatic rings. The van der Waals surface area contributed by atoms with Crippen molar-refractivity contribution in [3.05, 3.63) is 59.7 Å². The van der Waals surface area contributed by atoms with Gasteiger partial charge in [0, 0.05) is 12.1 Å². The maximum atomic E-state index is 12.3. The molecule has 0 fully saturated rings. The highest BCUT2D eigenvalue weighted by atomic mass is 32.2. The van der Waals surface area contributed by atoms with Crippen LogP contribution in [0.15, 0.2) is 58.2 Å². The van der Waals surface area contributed by atoms with E-state index >= 15 is 0 Å². The molecule has 0 saturated carbocycles. The second kappa shape index (κ2) is 9.41. The van der Waals surface area contributed by atoms with E-state index in [1.807, 2.05) is 62.4 Å². The quantitative estimate of drug-likeness (QED) is 0.581. The average molecular weight is 398 g/mol. The van der Waals surface area contributed by atoms with E-state index in [0.29, 0.717) is 17.7 Å². The summed E-state index contributed by atoms with van der Waals surface area (Å²) in [6.45, 7) is 4.38. The molecule has 1 amide bonds. The number of aromatic nitrogens is 2. The number of nitrogens with one attached hydrogen (secondary N) is 1. The molecule has 0 saturated heterocycles. The first kappa shape index (κ1) is 19.9. The predicted octanol–water partition coefficient (Wildman–Crippen LogP) is 3.89. The minimum Gasteiger partial charge on any atom is -0.497 e. The third kappa shape index (κ3) is 5.13. The number of rotatable bonds is 8. The number of thioether (sulfide) groups is 1. The van der Waals surface area contributed by atoms with Crippen molar-refractivity contribution in [2.24, 2.45) is 0 Å². The normalized spacial score (nSPS) is 11.8. The molecule has 0 spiro atoms. The summed E-state index contributed by atoms with van der Waals surface area (Å²) >= 11 is 1.26. The van der Waals surface area contributed by atoms with Gasteiger partial charge in [-0.1, -0.05) is 42.1 Å². The van der Waals surface area contributed by atoms with E-state index in [-0.39, 0.29) is 11.2 Å². The molecular formula is C21H23N3O3S. The molecule has 1 atom stereocenters. The number of hydrogen-bond acceptors (Lipinski definition) is 6. The van der Waals surface area contributed by atoms with Crippen molar-refractivity contribution in [3.8, 4) is 17.2 Å². The van der Waals surface area contributed by atoms with Crippen molar-refractivity contribution >= 4 is 17.7 Å². The Bertz CT molecular complexity index is 925. The molecule has 2 aromatic carbocycles. The summed E-state index contributed by atoms with van der Waals surface area (Å²) in [6, 6.07) is 15.6. The maximum absolute atomic E-state index is 12.3. The zero-order valence-electron chi connectivity index (χ0n) is 16.1. The summed E-state index contributed by atoms with van der Waals surface area (Å²) < 4.78 is 10.9. The van der Waals surface area contributed by atoms with E-state index in [0.717, 1.165) is 28.9 Å². The van der Waals surface area contributed by atoms with Crippen molar-refractivity contribution in [1.82, 2.24) is 15.5 Å². The van der Waals surface area contributed by atoms with Crippen LogP contribution in [0.1, 0.15) is 18.1 Å². The molecule has 1 N–H and O–H groups in total. The number of nitrogens with zero attached hydrogens (tertiary/aromatic N) is 2. The number of methoxy groups -OCH3 is 1. The lowest BCUT2D eigenvalue weighted by Crippen LogP contribution is -2.32. The van der Waals surface area contributed by atoms with E-state index < -0.39 is 0 Å². The van der Waals surface area contributed by atoms with Crippen LogP contribution in [0.4, 0.5) is 0 Å². The van der Waals surface area contributed by atoms with Gasteiger partial charge in [-0.15, -0.1) is 10.2 Å². The van der Waals surface area contributed by atoms with Crippen LogP contribution < -0.4 is 10.1 Å². The Labute approximate surface area is 168 Å². The van der Waals surface area contributed by atoms with E-state index in [1.54, 1.807) is 7.11 Å². The molecule has 3 rings (SSSR count). The minimum absolute atomic E-state index is 0.0610. The van der Waals surface area contributed by atoms with Gasteiger partial charge >= 0.3 is 0 Å². The summed E-state index contributed by atoms with van der Waals surface area (Å²) in [7, 11) is 1.64. The molecule has 1 heterocycles. The standard InChI is InChI=1S/C21H23N3O3S/c1-14-6-4-5-7-18(14)20-23-24-21(27-20)28-15(2)19(25)22-13-12-16-8-10-17(26-3)11-9-16/h4-11,15H,12-13H2,1-3H3,(H,22,25)/t15-/m0/s1. The number of hydrogen-bond donors (Lipinski definition) is 1. The van der Waals surface area contributed by atoms with Crippen LogP contribution in [0.2, 0.25) is 0 Å². The summed E-state index contributed by atoms with van der Waals surface area (Å²) in [5, 5.41) is 11.2. The summed E-state index contributed by atoms with van der Waals surface area (Å²) in [4.78, 5) is 12.3. The van der Waals surface area contributed by atoms with Crippen LogP contribution in [-0.4, -0.2) is 35.0 Å². The highest BCUT2D eigenvalue weighted by Gasteiger charge is 2.18. The fourth-order valence-corrected chi connectivity index (χ4v) is 3.36. The minimum atomic E-state index is -0.332. The Balaban J connectivity index is 1.49. The molecule has 0 radical (unpaired) electrons. The van der Waals surface area contributed by atoms with Crippen molar-refractivity contribution in [2.45, 2.75) is 30.7 Å². The Hall–Kier alpha value is -2.80. The van der Waals surface area contributed by atoms with Gasteiger partial charge in [0.05, 0.1) is 12.4 Å². The van der Waals surface area contributed by atoms with Crippen LogP contribution in [0.25, 0.3) is 11.5 Å². The average Bonchev–Trinajstić information content (AvgIpc) is 3.17. The lowest BCUT2D eigenvalue weighted by atomic mass is 10.1. The summed E-state index contributed by atoms with van der Waals surface area (Å²) in [5.41, 5.74) is 3.10. The first-order chi connectivity index (χ1) is 13.6. The highest BCUT2D eigenvalue weighted by molar-refractivity contribution is 8.00. The molecule has 1 aromatic heterocycles. The monoisotopic (exact) mass is 397 g/mol. The molecular weight excluding hydrogens is 374 g/mol. The first-order valence-corrected chi connectivity index (χ1v) is 9.91. The maximum Gasteiger partial charge on any atom is 0.277 e. The largest absolute Gasteiger partial charge is 0.497 e. The van der Waals surface area contributed by atoms with Crippen molar-refractivity contribution in [2.75, 3.05) is 13.7 Å². The zero-order valence-corrected chi connectivity index (χ0v) is 17.0. The van der Waals surface area contributed by atoms with Gasteiger partial charge in [-0.05, 0) is 49.6 Å². The molecule has 0 aliphatic rings. The Morgan fingerprint density at radius 1 is 1.18 bits per heavy atom. The van der Waals surface area contributed by atoms with Gasteiger partial charge in [0.15, 0.2) is 0 Å². The highest BCUT2D eigenvalue weighted by Crippen LogP contribution is 2.27. The molecule has 7 heteroatoms. The number of amides is 1. The van der Waals surface area contributed by atoms with Crippen molar-refractivity contribution in [3.63, 3.8) is 0 Å². The Kier molecular flexibility index (Phi) is 6.71. The van der Waals surface area contributed by atoms with Crippen LogP contribution in [0.3, 0.4) is 0 Å². The van der Waals surface area contributed by atoms with Crippen LogP contribution in [0, 0.1) is 6.92 Å². The first-order valence-electron chi connectivity index (χ1n) is 9.03. The van der Waals surface area contributed by atoms with Crippen molar-refractivity contribution < 1.29 is 13.9 Å².